The van der Waals surface area contributed by atoms with Crippen LogP contribution in [0, 0.1) is 0 Å². The number of hydrogen-bond acceptors (Lipinski definition) is 4. The van der Waals surface area contributed by atoms with Crippen LogP contribution in [0.3, 0.4) is 0 Å². The Kier molecular flexibility index (Phi) is 3.85. The molecule has 2 saturated carbocycles. The molecule has 1 amide bonds. The summed E-state index contributed by atoms with van der Waals surface area (Å²) in [6.07, 6.45) is 8.00. The van der Waals surface area contributed by atoms with Gasteiger partial charge in [0.2, 0.25) is 0 Å². The monoisotopic (exact) mass is 362 g/mol. The molecule has 2 aromatic heterocycles. The zero-order chi connectivity index (χ0) is 18.4. The summed E-state index contributed by atoms with van der Waals surface area (Å²) in [6, 6.07) is 10.6. The highest BCUT2D eigenvalue weighted by Gasteiger charge is 2.34. The van der Waals surface area contributed by atoms with Crippen LogP contribution >= 0.6 is 0 Å². The van der Waals surface area contributed by atoms with Crippen LogP contribution in [0.25, 0.3) is 11.2 Å². The Bertz CT molecular complexity index is 1000. The Hall–Kier alpha value is -2.89. The number of benzene rings is 1. The fraction of sp³-hybridized carbons (Fsp3) is 0.381. The summed E-state index contributed by atoms with van der Waals surface area (Å²) < 4.78 is 7.58. The number of para-hydroxylation sites is 1. The highest BCUT2D eigenvalue weighted by molar-refractivity contribution is 5.96. The Morgan fingerprint density at radius 1 is 1.22 bits per heavy atom. The average Bonchev–Trinajstić information content (AvgIpc) is 3.63. The third-order valence-corrected chi connectivity index (χ3v) is 5.38. The van der Waals surface area contributed by atoms with E-state index in [9.17, 15) is 4.79 Å². The Labute approximate surface area is 157 Å². The van der Waals surface area contributed by atoms with E-state index in [4.69, 9.17) is 4.74 Å². The van der Waals surface area contributed by atoms with Crippen molar-refractivity contribution in [2.24, 2.45) is 0 Å². The predicted molar refractivity (Wildman–Crippen MR) is 102 cm³/mol. The molecule has 2 fully saturated rings. The van der Waals surface area contributed by atoms with Crippen LogP contribution in [-0.2, 0) is 6.54 Å². The van der Waals surface area contributed by atoms with Gasteiger partial charge in [0.05, 0.1) is 19.0 Å². The van der Waals surface area contributed by atoms with Gasteiger partial charge in [-0.25, -0.2) is 9.97 Å². The van der Waals surface area contributed by atoms with Crippen molar-refractivity contribution in [3.63, 3.8) is 0 Å². The van der Waals surface area contributed by atoms with E-state index in [0.717, 1.165) is 35.3 Å². The van der Waals surface area contributed by atoms with Crippen LogP contribution < -0.4 is 4.74 Å². The van der Waals surface area contributed by atoms with Crippen molar-refractivity contribution >= 4 is 17.1 Å². The zero-order valence-corrected chi connectivity index (χ0v) is 15.3. The second-order valence-electron chi connectivity index (χ2n) is 7.43. The van der Waals surface area contributed by atoms with Gasteiger partial charge in [-0.05, 0) is 37.8 Å². The molecule has 27 heavy (non-hydrogen) atoms. The van der Waals surface area contributed by atoms with Crippen molar-refractivity contribution in [1.29, 1.82) is 0 Å². The first-order valence-corrected chi connectivity index (χ1v) is 9.50. The van der Waals surface area contributed by atoms with Crippen LogP contribution in [0.5, 0.6) is 5.75 Å². The van der Waals surface area contributed by atoms with Crippen molar-refractivity contribution in [3.05, 3.63) is 54.0 Å². The number of amides is 1. The molecule has 0 N–H and O–H groups in total. The minimum atomic E-state index is 0.0128. The number of rotatable bonds is 6. The molecular weight excluding hydrogens is 340 g/mol. The lowest BCUT2D eigenvalue weighted by Gasteiger charge is -2.23. The molecule has 0 spiro atoms. The number of carbonyl (C=O) groups is 1. The molecule has 0 atom stereocenters. The van der Waals surface area contributed by atoms with Crippen LogP contribution in [0.15, 0.2) is 42.9 Å². The third kappa shape index (κ3) is 3.05. The Morgan fingerprint density at radius 2 is 2.04 bits per heavy atom. The summed E-state index contributed by atoms with van der Waals surface area (Å²) in [4.78, 5) is 24.2. The lowest BCUT2D eigenvalue weighted by molar-refractivity contribution is 0.0728. The molecule has 2 aliphatic carbocycles. The number of hydrogen-bond donors (Lipinski definition) is 0. The van der Waals surface area contributed by atoms with E-state index in [1.807, 2.05) is 41.6 Å². The summed E-state index contributed by atoms with van der Waals surface area (Å²) in [5.74, 6) is 0.825. The highest BCUT2D eigenvalue weighted by atomic mass is 16.5. The Morgan fingerprint density at radius 3 is 2.78 bits per heavy atom. The summed E-state index contributed by atoms with van der Waals surface area (Å²) in [5.41, 5.74) is 3.29. The van der Waals surface area contributed by atoms with Crippen LogP contribution in [-0.4, -0.2) is 38.5 Å². The first-order valence-electron chi connectivity index (χ1n) is 9.50. The van der Waals surface area contributed by atoms with E-state index in [2.05, 4.69) is 14.5 Å². The van der Waals surface area contributed by atoms with Crippen LogP contribution in [0.4, 0.5) is 0 Å². The largest absolute Gasteiger partial charge is 0.496 e. The zero-order valence-electron chi connectivity index (χ0n) is 15.3. The highest BCUT2D eigenvalue weighted by Crippen LogP contribution is 2.37. The molecule has 6 heteroatoms. The molecule has 0 radical (unpaired) electrons. The molecular formula is C21H22N4O2. The van der Waals surface area contributed by atoms with Gasteiger partial charge in [-0.15, -0.1) is 0 Å². The summed E-state index contributed by atoms with van der Waals surface area (Å²) in [6.45, 7) is 0.544. The number of methoxy groups -OCH3 is 1. The average molecular weight is 362 g/mol. The first-order chi connectivity index (χ1) is 13.2. The van der Waals surface area contributed by atoms with Crippen molar-refractivity contribution in [2.75, 3.05) is 7.11 Å². The first kappa shape index (κ1) is 16.3. The second-order valence-corrected chi connectivity index (χ2v) is 7.43. The maximum atomic E-state index is 13.2. The van der Waals surface area contributed by atoms with Gasteiger partial charge in [-0.3, -0.25) is 4.79 Å². The lowest BCUT2D eigenvalue weighted by atomic mass is 10.1. The fourth-order valence-corrected chi connectivity index (χ4v) is 3.59. The standard InChI is InChI=1S/C21H22N4O2/c1-27-19-5-3-2-4-14(19)12-24(16-6-7-16)21(26)15-10-18-20(22-11-15)25(13-23-18)17-8-9-17/h2-5,10-11,13,16-17H,6-9,12H2,1H3. The molecule has 2 aliphatic rings. The molecule has 138 valence electrons. The minimum absolute atomic E-state index is 0.0128. The molecule has 0 unspecified atom stereocenters. The topological polar surface area (TPSA) is 60.2 Å². The van der Waals surface area contributed by atoms with E-state index in [1.165, 1.54) is 12.8 Å². The fourth-order valence-electron chi connectivity index (χ4n) is 3.59. The smallest absolute Gasteiger partial charge is 0.256 e. The Balaban J connectivity index is 1.44. The summed E-state index contributed by atoms with van der Waals surface area (Å²) >= 11 is 0. The maximum Gasteiger partial charge on any atom is 0.256 e. The van der Waals surface area contributed by atoms with Gasteiger partial charge in [0, 0.05) is 30.4 Å². The molecule has 2 heterocycles. The summed E-state index contributed by atoms with van der Waals surface area (Å²) in [5, 5.41) is 0. The molecule has 6 nitrogen and oxygen atoms in total. The van der Waals surface area contributed by atoms with Crippen molar-refractivity contribution in [2.45, 2.75) is 44.3 Å². The van der Waals surface area contributed by atoms with Crippen LogP contribution in [0.1, 0.15) is 47.6 Å². The number of pyridine rings is 1. The van der Waals surface area contributed by atoms with Gasteiger partial charge in [-0.1, -0.05) is 18.2 Å². The van der Waals surface area contributed by atoms with Gasteiger partial charge < -0.3 is 14.2 Å². The van der Waals surface area contributed by atoms with Gasteiger partial charge in [0.25, 0.3) is 5.91 Å². The normalized spacial score (nSPS) is 16.5. The number of imidazole rings is 1. The van der Waals surface area contributed by atoms with E-state index in [1.54, 1.807) is 13.3 Å². The number of aromatic nitrogens is 3. The van der Waals surface area contributed by atoms with E-state index in [0.29, 0.717) is 24.2 Å². The van der Waals surface area contributed by atoms with Crippen molar-refractivity contribution in [1.82, 2.24) is 19.4 Å². The third-order valence-electron chi connectivity index (χ3n) is 5.38. The van der Waals surface area contributed by atoms with Gasteiger partial charge in [0.15, 0.2) is 5.65 Å². The van der Waals surface area contributed by atoms with Crippen LogP contribution in [0.2, 0.25) is 0 Å². The number of fused-ring (bicyclic) bond motifs is 1. The maximum absolute atomic E-state index is 13.2. The van der Waals surface area contributed by atoms with Gasteiger partial charge >= 0.3 is 0 Å². The van der Waals surface area contributed by atoms with E-state index < -0.39 is 0 Å². The lowest BCUT2D eigenvalue weighted by Crippen LogP contribution is -2.32. The molecule has 3 aromatic rings. The molecule has 0 saturated heterocycles. The van der Waals surface area contributed by atoms with Crippen molar-refractivity contribution in [3.8, 4) is 5.75 Å². The van der Waals surface area contributed by atoms with E-state index in [-0.39, 0.29) is 5.91 Å². The van der Waals surface area contributed by atoms with Crippen molar-refractivity contribution < 1.29 is 9.53 Å². The summed E-state index contributed by atoms with van der Waals surface area (Å²) in [7, 11) is 1.66. The number of nitrogens with zero attached hydrogens (tertiary/aromatic N) is 4. The quantitative estimate of drug-likeness (QED) is 0.672. The van der Waals surface area contributed by atoms with Gasteiger partial charge in [-0.2, -0.15) is 0 Å². The second kappa shape index (κ2) is 6.37. The number of carbonyl (C=O) groups excluding carboxylic acids is 1. The molecule has 0 aliphatic heterocycles. The molecule has 0 bridgehead atoms. The minimum Gasteiger partial charge on any atom is -0.496 e. The predicted octanol–water partition coefficient (Wildman–Crippen LogP) is 3.58. The van der Waals surface area contributed by atoms with E-state index >= 15 is 0 Å². The SMILES string of the molecule is COc1ccccc1CN(C(=O)c1cnc2c(c1)ncn2C1CC1)C1CC1. The number of ether oxygens (including phenoxy) is 1. The van der Waals surface area contributed by atoms with Gasteiger partial charge in [0.1, 0.15) is 11.3 Å². The molecule has 5 rings (SSSR count). The molecule has 1 aromatic carbocycles.